The zero-order valence-corrected chi connectivity index (χ0v) is 11.0. The lowest BCUT2D eigenvalue weighted by molar-refractivity contribution is 0.234. The van der Waals surface area contributed by atoms with Crippen molar-refractivity contribution in [2.24, 2.45) is 0 Å². The van der Waals surface area contributed by atoms with Crippen LogP contribution in [0.25, 0.3) is 0 Å². The highest BCUT2D eigenvalue weighted by Crippen LogP contribution is 2.28. The Hall–Kier alpha value is -1.49. The van der Waals surface area contributed by atoms with Gasteiger partial charge in [0.05, 0.1) is 24.4 Å². The van der Waals surface area contributed by atoms with Gasteiger partial charge in [-0.05, 0) is 38.8 Å². The van der Waals surface area contributed by atoms with E-state index >= 15 is 0 Å². The molecule has 1 saturated heterocycles. The molecule has 3 N–H and O–H groups in total. The highest BCUT2D eigenvalue weighted by Gasteiger charge is 2.25. The van der Waals surface area contributed by atoms with E-state index in [0.717, 1.165) is 25.2 Å². The van der Waals surface area contributed by atoms with E-state index in [1.165, 1.54) is 0 Å². The average Bonchev–Trinajstić information content (AvgIpc) is 2.79. The predicted molar refractivity (Wildman–Crippen MR) is 71.9 cm³/mol. The largest absolute Gasteiger partial charge is 0.473 e. The smallest absolute Gasteiger partial charge is 0.239 e. The van der Waals surface area contributed by atoms with Crippen molar-refractivity contribution >= 4 is 11.5 Å². The number of nitrogens with zero attached hydrogens (tertiary/aromatic N) is 2. The molecule has 5 nitrogen and oxygen atoms in total. The molecule has 0 aliphatic carbocycles. The van der Waals surface area contributed by atoms with Crippen molar-refractivity contribution < 1.29 is 9.84 Å². The Morgan fingerprint density at radius 3 is 3.00 bits per heavy atom. The summed E-state index contributed by atoms with van der Waals surface area (Å²) < 4.78 is 5.59. The summed E-state index contributed by atoms with van der Waals surface area (Å²) in [5, 5.41) is 9.34. The number of hydrogen-bond donors (Lipinski definition) is 2. The summed E-state index contributed by atoms with van der Waals surface area (Å²) in [6.07, 6.45) is 2.13. The monoisotopic (exact) mass is 251 g/mol. The van der Waals surface area contributed by atoms with Gasteiger partial charge in [-0.25, -0.2) is 0 Å². The topological polar surface area (TPSA) is 71.6 Å². The van der Waals surface area contributed by atoms with Gasteiger partial charge in [-0.15, -0.1) is 0 Å². The first-order valence-electron chi connectivity index (χ1n) is 6.42. The van der Waals surface area contributed by atoms with Crippen molar-refractivity contribution in [3.8, 4) is 5.88 Å². The third-order valence-electron chi connectivity index (χ3n) is 3.10. The minimum atomic E-state index is 0.0438. The Morgan fingerprint density at radius 1 is 1.56 bits per heavy atom. The number of hydrogen-bond acceptors (Lipinski definition) is 5. The molecule has 0 spiro atoms. The van der Waals surface area contributed by atoms with Gasteiger partial charge in [0.1, 0.15) is 5.82 Å². The fourth-order valence-corrected chi connectivity index (χ4v) is 2.25. The minimum Gasteiger partial charge on any atom is -0.473 e. The molecule has 1 aliphatic rings. The molecule has 1 aliphatic heterocycles. The summed E-state index contributed by atoms with van der Waals surface area (Å²) in [6, 6.07) is 3.86. The summed E-state index contributed by atoms with van der Waals surface area (Å²) in [5.74, 6) is 1.31. The Bertz CT molecular complexity index is 409. The van der Waals surface area contributed by atoms with Crippen molar-refractivity contribution in [2.45, 2.75) is 38.8 Å². The number of nitrogens with two attached hydrogens (primary N) is 1. The van der Waals surface area contributed by atoms with Crippen molar-refractivity contribution in [3.05, 3.63) is 12.1 Å². The van der Waals surface area contributed by atoms with E-state index < -0.39 is 0 Å². The van der Waals surface area contributed by atoms with Crippen LogP contribution < -0.4 is 15.4 Å². The molecule has 5 heteroatoms. The van der Waals surface area contributed by atoms with E-state index in [1.54, 1.807) is 0 Å². The molecule has 1 aromatic rings. The quantitative estimate of drug-likeness (QED) is 0.846. The highest BCUT2D eigenvalue weighted by molar-refractivity contribution is 5.55. The van der Waals surface area contributed by atoms with Gasteiger partial charge in [0.25, 0.3) is 0 Å². The van der Waals surface area contributed by atoms with Crippen molar-refractivity contribution in [3.63, 3.8) is 0 Å². The van der Waals surface area contributed by atoms with E-state index in [-0.39, 0.29) is 18.8 Å². The lowest BCUT2D eigenvalue weighted by atomic mass is 10.2. The van der Waals surface area contributed by atoms with Crippen LogP contribution in [0.1, 0.15) is 26.7 Å². The third-order valence-corrected chi connectivity index (χ3v) is 3.10. The molecule has 0 saturated carbocycles. The molecule has 0 amide bonds. The molecule has 1 unspecified atom stereocenters. The second-order valence-corrected chi connectivity index (χ2v) is 4.90. The summed E-state index contributed by atoms with van der Waals surface area (Å²) in [7, 11) is 0. The summed E-state index contributed by atoms with van der Waals surface area (Å²) >= 11 is 0. The number of aliphatic hydroxyl groups is 1. The Morgan fingerprint density at radius 2 is 2.33 bits per heavy atom. The first-order chi connectivity index (χ1) is 8.61. The molecular weight excluding hydrogens is 230 g/mol. The van der Waals surface area contributed by atoms with Gasteiger partial charge in [0.15, 0.2) is 0 Å². The van der Waals surface area contributed by atoms with Crippen molar-refractivity contribution in [1.29, 1.82) is 0 Å². The fraction of sp³-hybridized carbons (Fsp3) is 0.615. The Labute approximate surface area is 108 Å². The van der Waals surface area contributed by atoms with Crippen molar-refractivity contribution in [1.82, 2.24) is 4.98 Å². The number of aliphatic hydroxyl groups excluding tert-OH is 1. The number of pyridine rings is 1. The average molecular weight is 251 g/mol. The predicted octanol–water partition coefficient (Wildman–Crippen LogP) is 1.41. The molecule has 0 radical (unpaired) electrons. The number of rotatable bonds is 4. The maximum atomic E-state index is 9.34. The summed E-state index contributed by atoms with van der Waals surface area (Å²) in [6.45, 7) is 4.97. The standard InChI is InChI=1S/C13H21N3O2/c1-9(2)18-13-11(14)5-6-12(15-13)16-7-3-4-10(16)8-17/h5-6,9-10,17H,3-4,7-8,14H2,1-2H3. The van der Waals surface area contributed by atoms with Gasteiger partial charge >= 0.3 is 0 Å². The van der Waals surface area contributed by atoms with Crippen LogP contribution in [0.5, 0.6) is 5.88 Å². The van der Waals surface area contributed by atoms with Gasteiger partial charge < -0.3 is 20.5 Å². The molecule has 2 heterocycles. The van der Waals surface area contributed by atoms with Crippen LogP contribution in [0.4, 0.5) is 11.5 Å². The second kappa shape index (κ2) is 5.44. The van der Waals surface area contributed by atoms with Crippen LogP contribution >= 0.6 is 0 Å². The minimum absolute atomic E-state index is 0.0438. The maximum Gasteiger partial charge on any atom is 0.239 e. The van der Waals surface area contributed by atoms with Gasteiger partial charge in [0.2, 0.25) is 5.88 Å². The molecule has 2 rings (SSSR count). The zero-order valence-electron chi connectivity index (χ0n) is 11.0. The van der Waals surface area contributed by atoms with Crippen LogP contribution in [0, 0.1) is 0 Å². The van der Waals surface area contributed by atoms with E-state index in [2.05, 4.69) is 9.88 Å². The molecule has 0 aromatic carbocycles. The fourth-order valence-electron chi connectivity index (χ4n) is 2.25. The zero-order chi connectivity index (χ0) is 13.1. The Kier molecular flexibility index (Phi) is 3.91. The van der Waals surface area contributed by atoms with Gasteiger partial charge in [0, 0.05) is 6.54 Å². The summed E-state index contributed by atoms with van der Waals surface area (Å²) in [4.78, 5) is 6.58. The maximum absolute atomic E-state index is 9.34. The van der Waals surface area contributed by atoms with Gasteiger partial charge in [-0.3, -0.25) is 0 Å². The second-order valence-electron chi connectivity index (χ2n) is 4.90. The number of anilines is 2. The normalized spacial score (nSPS) is 19.6. The molecule has 100 valence electrons. The van der Waals surface area contributed by atoms with E-state index in [0.29, 0.717) is 11.6 Å². The van der Waals surface area contributed by atoms with Crippen LogP contribution in [0.15, 0.2) is 12.1 Å². The van der Waals surface area contributed by atoms with Crippen LogP contribution in [0.2, 0.25) is 0 Å². The van der Waals surface area contributed by atoms with E-state index in [1.807, 2.05) is 26.0 Å². The molecule has 0 bridgehead atoms. The van der Waals surface area contributed by atoms with Gasteiger partial charge in [-0.1, -0.05) is 0 Å². The third kappa shape index (κ3) is 2.67. The lowest BCUT2D eigenvalue weighted by Gasteiger charge is -2.25. The van der Waals surface area contributed by atoms with Crippen LogP contribution in [-0.4, -0.2) is 35.4 Å². The number of nitrogen functional groups attached to an aromatic ring is 1. The Balaban J connectivity index is 2.23. The highest BCUT2D eigenvalue weighted by atomic mass is 16.5. The number of ether oxygens (including phenoxy) is 1. The van der Waals surface area contributed by atoms with E-state index in [4.69, 9.17) is 10.5 Å². The molecule has 1 atom stereocenters. The molecule has 1 aromatic heterocycles. The number of aromatic nitrogens is 1. The summed E-state index contributed by atoms with van der Waals surface area (Å²) in [5.41, 5.74) is 6.40. The molecule has 18 heavy (non-hydrogen) atoms. The first kappa shape index (κ1) is 13.0. The molecular formula is C13H21N3O2. The first-order valence-corrected chi connectivity index (χ1v) is 6.42. The van der Waals surface area contributed by atoms with Gasteiger partial charge in [-0.2, -0.15) is 4.98 Å². The van der Waals surface area contributed by atoms with Crippen LogP contribution in [0.3, 0.4) is 0 Å². The van der Waals surface area contributed by atoms with Crippen molar-refractivity contribution in [2.75, 3.05) is 23.8 Å². The molecule has 1 fully saturated rings. The van der Waals surface area contributed by atoms with E-state index in [9.17, 15) is 5.11 Å². The SMILES string of the molecule is CC(C)Oc1nc(N2CCCC2CO)ccc1N. The lowest BCUT2D eigenvalue weighted by Crippen LogP contribution is -2.32. The van der Waals surface area contributed by atoms with Crippen LogP contribution in [-0.2, 0) is 0 Å².